The van der Waals surface area contributed by atoms with Gasteiger partial charge in [0, 0.05) is 18.3 Å². The summed E-state index contributed by atoms with van der Waals surface area (Å²) in [5.74, 6) is 2.24. The maximum atomic E-state index is 5.45. The second-order valence-corrected chi connectivity index (χ2v) is 5.74. The van der Waals surface area contributed by atoms with E-state index in [1.807, 2.05) is 36.0 Å². The molecule has 0 saturated carbocycles. The second kappa shape index (κ2) is 6.40. The largest absolute Gasteiger partial charge is 0.373 e. The van der Waals surface area contributed by atoms with Crippen LogP contribution in [0.5, 0.6) is 0 Å². The van der Waals surface area contributed by atoms with Gasteiger partial charge >= 0.3 is 0 Å². The molecular weight excluding hydrogens is 318 g/mol. The molecule has 0 amide bonds. The SMILES string of the molecule is C=C/C=C/Nc1cc(Nc2cc3n(n2)CCOC3)nc2[nH]c(C)nc12. The number of anilines is 3. The molecule has 8 nitrogen and oxygen atoms in total. The predicted molar refractivity (Wildman–Crippen MR) is 96.8 cm³/mol. The zero-order chi connectivity index (χ0) is 17.2. The third kappa shape index (κ3) is 3.11. The summed E-state index contributed by atoms with van der Waals surface area (Å²) in [5.41, 5.74) is 3.40. The molecule has 4 heterocycles. The lowest BCUT2D eigenvalue weighted by molar-refractivity contribution is 0.0801. The van der Waals surface area contributed by atoms with Gasteiger partial charge in [0.2, 0.25) is 0 Å². The molecule has 1 aliphatic rings. The van der Waals surface area contributed by atoms with E-state index in [1.54, 1.807) is 6.08 Å². The molecule has 0 spiro atoms. The van der Waals surface area contributed by atoms with Gasteiger partial charge in [-0.05, 0) is 13.0 Å². The number of nitrogens with zero attached hydrogens (tertiary/aromatic N) is 4. The van der Waals surface area contributed by atoms with E-state index in [4.69, 9.17) is 4.74 Å². The standard InChI is InChI=1S/C17H19N7O/c1-3-4-5-18-13-9-14(22-17-16(13)19-11(2)20-17)21-15-8-12-10-25-7-6-24(12)23-15/h3-5,8-9H,1,6-7,10H2,2H3,(H3,18,19,20,21,22,23)/b5-4+. The number of rotatable bonds is 5. The van der Waals surface area contributed by atoms with Gasteiger partial charge in [0.15, 0.2) is 11.5 Å². The molecule has 0 aliphatic carbocycles. The molecule has 0 unspecified atom stereocenters. The minimum Gasteiger partial charge on any atom is -0.373 e. The molecule has 8 heteroatoms. The Balaban J connectivity index is 1.67. The van der Waals surface area contributed by atoms with Gasteiger partial charge in [-0.25, -0.2) is 9.97 Å². The summed E-state index contributed by atoms with van der Waals surface area (Å²) in [7, 11) is 0. The fraction of sp³-hybridized carbons (Fsp3) is 0.235. The van der Waals surface area contributed by atoms with Crippen LogP contribution in [0.3, 0.4) is 0 Å². The van der Waals surface area contributed by atoms with Gasteiger partial charge in [-0.2, -0.15) is 5.10 Å². The van der Waals surface area contributed by atoms with Gasteiger partial charge in [-0.3, -0.25) is 4.68 Å². The van der Waals surface area contributed by atoms with Crippen LogP contribution >= 0.6 is 0 Å². The summed E-state index contributed by atoms with van der Waals surface area (Å²) >= 11 is 0. The third-order valence-electron chi connectivity index (χ3n) is 3.86. The van der Waals surface area contributed by atoms with Gasteiger partial charge in [-0.1, -0.05) is 12.7 Å². The van der Waals surface area contributed by atoms with Crippen LogP contribution in [-0.4, -0.2) is 31.3 Å². The van der Waals surface area contributed by atoms with Crippen LogP contribution < -0.4 is 10.6 Å². The molecule has 0 atom stereocenters. The number of ether oxygens (including phenoxy) is 1. The number of hydrogen-bond donors (Lipinski definition) is 3. The number of hydrogen-bond acceptors (Lipinski definition) is 6. The van der Waals surface area contributed by atoms with Crippen molar-refractivity contribution in [3.63, 3.8) is 0 Å². The molecule has 0 saturated heterocycles. The van der Waals surface area contributed by atoms with Crippen molar-refractivity contribution in [2.24, 2.45) is 0 Å². The normalized spacial score (nSPS) is 14.0. The Hall–Kier alpha value is -3.13. The maximum Gasteiger partial charge on any atom is 0.161 e. The van der Waals surface area contributed by atoms with E-state index in [1.165, 1.54) is 0 Å². The number of imidazole rings is 1. The van der Waals surface area contributed by atoms with E-state index in [2.05, 4.69) is 37.3 Å². The lowest BCUT2D eigenvalue weighted by atomic mass is 10.3. The molecule has 4 rings (SSSR count). The Labute approximate surface area is 144 Å². The first-order valence-electron chi connectivity index (χ1n) is 8.06. The molecule has 0 bridgehead atoms. The van der Waals surface area contributed by atoms with E-state index in [0.717, 1.165) is 35.1 Å². The number of allylic oxidation sites excluding steroid dienone is 2. The molecule has 25 heavy (non-hydrogen) atoms. The Morgan fingerprint density at radius 1 is 1.32 bits per heavy atom. The zero-order valence-corrected chi connectivity index (χ0v) is 13.9. The fourth-order valence-corrected chi connectivity index (χ4v) is 2.77. The Morgan fingerprint density at radius 2 is 2.24 bits per heavy atom. The lowest BCUT2D eigenvalue weighted by Crippen LogP contribution is -2.16. The number of aryl methyl sites for hydroxylation is 1. The minimum atomic E-state index is 0.583. The Bertz CT molecular complexity index is 930. The highest BCUT2D eigenvalue weighted by atomic mass is 16.5. The van der Waals surface area contributed by atoms with E-state index >= 15 is 0 Å². The molecule has 0 fully saturated rings. The average Bonchev–Trinajstić information content (AvgIpc) is 3.17. The third-order valence-corrected chi connectivity index (χ3v) is 3.86. The molecule has 128 valence electrons. The van der Waals surface area contributed by atoms with Crippen LogP contribution in [-0.2, 0) is 17.9 Å². The van der Waals surface area contributed by atoms with Crippen molar-refractivity contribution >= 4 is 28.5 Å². The maximum absolute atomic E-state index is 5.45. The smallest absolute Gasteiger partial charge is 0.161 e. The molecule has 0 aromatic carbocycles. The average molecular weight is 337 g/mol. The molecule has 3 aromatic heterocycles. The molecule has 1 aliphatic heterocycles. The highest BCUT2D eigenvalue weighted by Crippen LogP contribution is 2.26. The number of pyridine rings is 1. The van der Waals surface area contributed by atoms with E-state index < -0.39 is 0 Å². The van der Waals surface area contributed by atoms with Gasteiger partial charge in [0.05, 0.1) is 31.1 Å². The van der Waals surface area contributed by atoms with Crippen molar-refractivity contribution < 1.29 is 4.74 Å². The highest BCUT2D eigenvalue weighted by Gasteiger charge is 2.14. The second-order valence-electron chi connectivity index (χ2n) is 5.74. The van der Waals surface area contributed by atoms with E-state index in [9.17, 15) is 0 Å². The van der Waals surface area contributed by atoms with Crippen LogP contribution in [0.25, 0.3) is 11.2 Å². The number of aromatic amines is 1. The summed E-state index contributed by atoms with van der Waals surface area (Å²) in [4.78, 5) is 12.3. The first kappa shape index (κ1) is 15.4. The van der Waals surface area contributed by atoms with Gasteiger partial charge in [0.25, 0.3) is 0 Å². The summed E-state index contributed by atoms with van der Waals surface area (Å²) in [6, 6.07) is 3.89. The number of nitrogens with one attached hydrogen (secondary N) is 3. The summed E-state index contributed by atoms with van der Waals surface area (Å²) < 4.78 is 7.41. The van der Waals surface area contributed by atoms with Crippen molar-refractivity contribution in [3.05, 3.63) is 48.6 Å². The first-order chi connectivity index (χ1) is 12.2. The van der Waals surface area contributed by atoms with Crippen LogP contribution in [0.15, 0.2) is 37.1 Å². The van der Waals surface area contributed by atoms with Crippen LogP contribution in [0.2, 0.25) is 0 Å². The van der Waals surface area contributed by atoms with E-state index in [-0.39, 0.29) is 0 Å². The fourth-order valence-electron chi connectivity index (χ4n) is 2.77. The summed E-state index contributed by atoms with van der Waals surface area (Å²) in [6.45, 7) is 7.61. The topological polar surface area (TPSA) is 92.7 Å². The van der Waals surface area contributed by atoms with Gasteiger partial charge in [-0.15, -0.1) is 0 Å². The number of fused-ring (bicyclic) bond motifs is 2. The quantitative estimate of drug-likeness (QED) is 0.620. The number of H-pyrrole nitrogens is 1. The summed E-state index contributed by atoms with van der Waals surface area (Å²) in [5, 5.41) is 11.0. The molecule has 3 N–H and O–H groups in total. The van der Waals surface area contributed by atoms with E-state index in [0.29, 0.717) is 24.7 Å². The van der Waals surface area contributed by atoms with Crippen LogP contribution in [0.1, 0.15) is 11.5 Å². The Kier molecular flexibility index (Phi) is 3.95. The van der Waals surface area contributed by atoms with Crippen molar-refractivity contribution in [2.75, 3.05) is 17.2 Å². The van der Waals surface area contributed by atoms with Gasteiger partial charge in [0.1, 0.15) is 17.2 Å². The predicted octanol–water partition coefficient (Wildman–Crippen LogP) is 2.85. The summed E-state index contributed by atoms with van der Waals surface area (Å²) in [6.07, 6.45) is 5.34. The van der Waals surface area contributed by atoms with Crippen molar-refractivity contribution in [3.8, 4) is 0 Å². The molecular formula is C17H19N7O. The lowest BCUT2D eigenvalue weighted by Gasteiger charge is -2.12. The first-order valence-corrected chi connectivity index (χ1v) is 8.06. The molecule has 3 aromatic rings. The van der Waals surface area contributed by atoms with Crippen molar-refractivity contribution in [1.29, 1.82) is 0 Å². The van der Waals surface area contributed by atoms with Crippen LogP contribution in [0, 0.1) is 6.92 Å². The molecule has 0 radical (unpaired) electrons. The Morgan fingerprint density at radius 3 is 3.08 bits per heavy atom. The van der Waals surface area contributed by atoms with Crippen molar-refractivity contribution in [1.82, 2.24) is 24.7 Å². The number of aromatic nitrogens is 5. The monoisotopic (exact) mass is 337 g/mol. The van der Waals surface area contributed by atoms with Gasteiger partial charge < -0.3 is 20.4 Å². The minimum absolute atomic E-state index is 0.583. The zero-order valence-electron chi connectivity index (χ0n) is 13.9. The van der Waals surface area contributed by atoms with Crippen LogP contribution in [0.4, 0.5) is 17.3 Å². The van der Waals surface area contributed by atoms with Crippen molar-refractivity contribution in [2.45, 2.75) is 20.1 Å². The highest BCUT2D eigenvalue weighted by molar-refractivity contribution is 5.88.